The lowest BCUT2D eigenvalue weighted by atomic mass is 10.1. The standard InChI is InChI=1S/C23H15ClN4O.C2HF3O2/c24-17-7-3-5-15(13-17)22-27-21(20-9-1-2-12-28(20)22)23(29)26-19-8-4-6-16-14-25-11-10-18(16)19;3-2(4,5)1(6)7/h1-14H,(H,26,29);(H,6,7)/p+1. The summed E-state index contributed by atoms with van der Waals surface area (Å²) in [7, 11) is 0. The van der Waals surface area contributed by atoms with Gasteiger partial charge in [0.05, 0.1) is 11.8 Å². The molecule has 0 fully saturated rings. The maximum absolute atomic E-state index is 13.2. The third-order valence-corrected chi connectivity index (χ3v) is 5.37. The number of alkyl halides is 3. The Morgan fingerprint density at radius 1 is 1.03 bits per heavy atom. The predicted molar refractivity (Wildman–Crippen MR) is 124 cm³/mol. The predicted octanol–water partition coefficient (Wildman–Crippen LogP) is 3.59. The molecule has 0 aliphatic heterocycles. The number of pyridine rings is 2. The Balaban J connectivity index is 0.000000384. The van der Waals surface area contributed by atoms with E-state index in [1.807, 2.05) is 89.7 Å². The molecule has 3 aromatic heterocycles. The number of benzene rings is 2. The Labute approximate surface area is 206 Å². The van der Waals surface area contributed by atoms with Gasteiger partial charge in [0.1, 0.15) is 5.97 Å². The van der Waals surface area contributed by atoms with Crippen molar-refractivity contribution in [3.8, 4) is 11.4 Å². The van der Waals surface area contributed by atoms with E-state index in [-0.39, 0.29) is 5.91 Å². The zero-order chi connectivity index (χ0) is 25.9. The molecule has 0 radical (unpaired) electrons. The number of carboxylic acids is 1. The molecule has 0 aliphatic carbocycles. The molecule has 0 aliphatic rings. The lowest BCUT2D eigenvalue weighted by Crippen LogP contribution is -2.37. The van der Waals surface area contributed by atoms with Gasteiger partial charge in [-0.25, -0.2) is 9.97 Å². The van der Waals surface area contributed by atoms with Crippen LogP contribution in [-0.4, -0.2) is 23.0 Å². The van der Waals surface area contributed by atoms with E-state index < -0.39 is 12.1 Å². The minimum absolute atomic E-state index is 0.206. The van der Waals surface area contributed by atoms with Crippen molar-refractivity contribution in [3.63, 3.8) is 0 Å². The Kier molecular flexibility index (Phi) is 6.89. The zero-order valence-corrected chi connectivity index (χ0v) is 19.0. The maximum atomic E-state index is 13.2. The summed E-state index contributed by atoms with van der Waals surface area (Å²) < 4.78 is 33.5. The second-order valence-corrected chi connectivity index (χ2v) is 7.94. The first kappa shape index (κ1) is 24.7. The summed E-state index contributed by atoms with van der Waals surface area (Å²) in [5.41, 5.74) is 2.93. The van der Waals surface area contributed by atoms with E-state index in [0.29, 0.717) is 10.7 Å². The van der Waals surface area contributed by atoms with Gasteiger partial charge in [0.25, 0.3) is 11.7 Å². The fraction of sp³-hybridized carbons (Fsp3) is 0.0400. The Morgan fingerprint density at radius 2 is 1.78 bits per heavy atom. The second kappa shape index (κ2) is 10.0. The summed E-state index contributed by atoms with van der Waals surface area (Å²) in [5, 5.41) is 14.5. The number of aromatic amines is 2. The van der Waals surface area contributed by atoms with E-state index in [2.05, 4.69) is 15.3 Å². The quantitative estimate of drug-likeness (QED) is 0.360. The lowest BCUT2D eigenvalue weighted by Gasteiger charge is -2.05. The van der Waals surface area contributed by atoms with Crippen molar-refractivity contribution in [1.82, 2.24) is 4.98 Å². The van der Waals surface area contributed by atoms with Crippen LogP contribution in [0.5, 0.6) is 0 Å². The van der Waals surface area contributed by atoms with Gasteiger partial charge in [-0.3, -0.25) is 4.79 Å². The van der Waals surface area contributed by atoms with Crippen molar-refractivity contribution in [1.29, 1.82) is 0 Å². The number of carbonyl (C=O) groups excluding carboxylic acids is 2. The second-order valence-electron chi connectivity index (χ2n) is 7.51. The Morgan fingerprint density at radius 3 is 2.50 bits per heavy atom. The minimum atomic E-state index is -5.19. The molecule has 0 saturated heterocycles. The van der Waals surface area contributed by atoms with Gasteiger partial charge in [0, 0.05) is 27.5 Å². The number of nitrogens with zero attached hydrogens (tertiary/aromatic N) is 1. The first-order valence-corrected chi connectivity index (χ1v) is 10.8. The number of rotatable bonds is 3. The summed E-state index contributed by atoms with van der Waals surface area (Å²) >= 11 is 6.17. The highest BCUT2D eigenvalue weighted by Gasteiger charge is 2.29. The highest BCUT2D eigenvalue weighted by molar-refractivity contribution is 6.30. The molecule has 3 heterocycles. The van der Waals surface area contributed by atoms with Crippen molar-refractivity contribution < 1.29 is 37.3 Å². The number of aliphatic carboxylic acids is 1. The molecule has 7 nitrogen and oxygen atoms in total. The number of halogens is 4. The van der Waals surface area contributed by atoms with Crippen LogP contribution in [0, 0.1) is 0 Å². The first-order chi connectivity index (χ1) is 17.1. The number of amides is 1. The number of hydrogen-bond acceptors (Lipinski definition) is 3. The minimum Gasteiger partial charge on any atom is -0.542 e. The normalized spacial score (nSPS) is 11.1. The SMILES string of the molecule is O=C(Nc1cccc2c[nH+]ccc12)c1[nH]c(-c2cccc(Cl)c2)[n+]2ccccc12.O=C([O-])C(F)(F)F. The molecule has 0 unspecified atom stereocenters. The van der Waals surface area contributed by atoms with Crippen LogP contribution in [0.25, 0.3) is 27.7 Å². The molecule has 0 spiro atoms. The highest BCUT2D eigenvalue weighted by atomic mass is 35.5. The van der Waals surface area contributed by atoms with Gasteiger partial charge >= 0.3 is 6.18 Å². The number of fused-ring (bicyclic) bond motifs is 2. The van der Waals surface area contributed by atoms with Crippen LogP contribution in [-0.2, 0) is 4.79 Å². The van der Waals surface area contributed by atoms with E-state index in [0.717, 1.165) is 33.4 Å². The number of carboxylic acid groups (broad SMARTS) is 1. The van der Waals surface area contributed by atoms with E-state index in [4.69, 9.17) is 21.5 Å². The molecule has 11 heteroatoms. The van der Waals surface area contributed by atoms with E-state index >= 15 is 0 Å². The van der Waals surface area contributed by atoms with Gasteiger partial charge < -0.3 is 15.2 Å². The summed E-state index contributed by atoms with van der Waals surface area (Å²) in [4.78, 5) is 28.3. The topological polar surface area (TPSA) is 103 Å². The molecule has 5 aromatic rings. The molecule has 1 amide bonds. The average Bonchev–Trinajstić information content (AvgIpc) is 3.24. The number of H-pyrrole nitrogens is 2. The fourth-order valence-electron chi connectivity index (χ4n) is 3.56. The molecule has 0 bridgehead atoms. The van der Waals surface area contributed by atoms with Gasteiger partial charge in [-0.2, -0.15) is 17.6 Å². The Bertz CT molecular complexity index is 1580. The van der Waals surface area contributed by atoms with Gasteiger partial charge in [-0.05, 0) is 42.5 Å². The third-order valence-electron chi connectivity index (χ3n) is 5.13. The molecule has 3 N–H and O–H groups in total. The number of hydrogen-bond donors (Lipinski definition) is 2. The molecule has 5 rings (SSSR count). The van der Waals surface area contributed by atoms with Crippen LogP contribution < -0.4 is 19.8 Å². The number of nitrogens with one attached hydrogen (secondary N) is 3. The van der Waals surface area contributed by atoms with Crippen LogP contribution in [0.3, 0.4) is 0 Å². The summed E-state index contributed by atoms with van der Waals surface area (Å²) in [6.07, 6.45) is 0.476. The van der Waals surface area contributed by atoms with Crippen molar-refractivity contribution in [3.05, 3.63) is 96.0 Å². The molecule has 182 valence electrons. The van der Waals surface area contributed by atoms with Crippen LogP contribution >= 0.6 is 11.6 Å². The van der Waals surface area contributed by atoms with Gasteiger partial charge in [-0.15, -0.1) is 0 Å². The number of carbonyl (C=O) groups is 2. The van der Waals surface area contributed by atoms with Crippen LogP contribution in [0.2, 0.25) is 5.02 Å². The number of anilines is 1. The molecular formula is C25H17ClF3N4O3+. The van der Waals surface area contributed by atoms with E-state index in [1.165, 1.54) is 0 Å². The summed E-state index contributed by atoms with van der Waals surface area (Å²) in [5.74, 6) is -2.42. The van der Waals surface area contributed by atoms with Gasteiger partial charge in [0.2, 0.25) is 5.69 Å². The summed E-state index contributed by atoms with van der Waals surface area (Å²) in [6.45, 7) is 0. The number of aromatic nitrogens is 3. The van der Waals surface area contributed by atoms with E-state index in [1.54, 1.807) is 0 Å². The third kappa shape index (κ3) is 5.28. The van der Waals surface area contributed by atoms with Crippen LogP contribution in [0.1, 0.15) is 10.5 Å². The molecular weight excluding hydrogens is 497 g/mol. The van der Waals surface area contributed by atoms with Crippen LogP contribution in [0.15, 0.2) is 85.3 Å². The van der Waals surface area contributed by atoms with Crippen molar-refractivity contribution in [2.45, 2.75) is 6.18 Å². The first-order valence-electron chi connectivity index (χ1n) is 10.4. The monoisotopic (exact) mass is 513 g/mol. The average molecular weight is 514 g/mol. The van der Waals surface area contributed by atoms with Crippen molar-refractivity contribution >= 4 is 45.5 Å². The number of imidazole rings is 1. The highest BCUT2D eigenvalue weighted by Crippen LogP contribution is 2.24. The lowest BCUT2D eigenvalue weighted by molar-refractivity contribution is -0.498. The van der Waals surface area contributed by atoms with Gasteiger partial charge in [0.15, 0.2) is 17.9 Å². The van der Waals surface area contributed by atoms with E-state index in [9.17, 15) is 18.0 Å². The van der Waals surface area contributed by atoms with Crippen LogP contribution in [0.4, 0.5) is 18.9 Å². The van der Waals surface area contributed by atoms with Crippen molar-refractivity contribution in [2.24, 2.45) is 0 Å². The largest absolute Gasteiger partial charge is 0.542 e. The molecule has 36 heavy (non-hydrogen) atoms. The van der Waals surface area contributed by atoms with Crippen molar-refractivity contribution in [2.75, 3.05) is 5.32 Å². The smallest absolute Gasteiger partial charge is 0.430 e. The zero-order valence-electron chi connectivity index (χ0n) is 18.3. The molecule has 2 aromatic carbocycles. The van der Waals surface area contributed by atoms with Gasteiger partial charge in [-0.1, -0.05) is 29.8 Å². The maximum Gasteiger partial charge on any atom is 0.430 e. The summed E-state index contributed by atoms with van der Waals surface area (Å²) in [6, 6.07) is 21.1. The fourth-order valence-corrected chi connectivity index (χ4v) is 3.75. The Hall–Kier alpha value is -4.44. The molecule has 0 saturated carbocycles. The molecule has 0 atom stereocenters.